The van der Waals surface area contributed by atoms with E-state index in [0.29, 0.717) is 19.5 Å². The van der Waals surface area contributed by atoms with Crippen LogP contribution in [-0.4, -0.2) is 50.5 Å². The first-order valence-corrected chi connectivity index (χ1v) is 8.16. The zero-order valence-corrected chi connectivity index (χ0v) is 13.0. The monoisotopic (exact) mass is 293 g/mol. The van der Waals surface area contributed by atoms with Gasteiger partial charge in [0, 0.05) is 19.0 Å². The van der Waals surface area contributed by atoms with Gasteiger partial charge >= 0.3 is 6.09 Å². The minimum Gasteiger partial charge on any atom is -0.444 e. The predicted molar refractivity (Wildman–Crippen MR) is 71.3 cm³/mol. The number of carbonyl (C=O) groups is 1. The molecular weight excluding hydrogens is 270 g/mol. The van der Waals surface area contributed by atoms with Gasteiger partial charge in [-0.2, -0.15) is 8.42 Å². The standard InChI is InChI=1S/C12H23NO5S/c1-9-8-13(11(14)17-12(2,3)4)7-6-10(9)18-19(5,15)16/h9-10H,6-8H2,1-5H3/t9-,10+/m0/s1. The summed E-state index contributed by atoms with van der Waals surface area (Å²) in [5, 5.41) is 0. The van der Waals surface area contributed by atoms with Gasteiger partial charge in [0.2, 0.25) is 0 Å². The summed E-state index contributed by atoms with van der Waals surface area (Å²) in [6.45, 7) is 8.19. The molecule has 0 bridgehead atoms. The highest BCUT2D eigenvalue weighted by atomic mass is 32.2. The van der Waals surface area contributed by atoms with Crippen LogP contribution in [0.5, 0.6) is 0 Å². The first-order chi connectivity index (χ1) is 8.48. The van der Waals surface area contributed by atoms with Crippen molar-refractivity contribution in [1.82, 2.24) is 4.90 Å². The van der Waals surface area contributed by atoms with Crippen molar-refractivity contribution in [3.8, 4) is 0 Å². The van der Waals surface area contributed by atoms with Gasteiger partial charge in [-0.1, -0.05) is 6.92 Å². The van der Waals surface area contributed by atoms with E-state index in [-0.39, 0.29) is 18.1 Å². The maximum atomic E-state index is 11.9. The van der Waals surface area contributed by atoms with Crippen molar-refractivity contribution in [2.24, 2.45) is 5.92 Å². The van der Waals surface area contributed by atoms with E-state index in [4.69, 9.17) is 8.92 Å². The number of piperidine rings is 1. The van der Waals surface area contributed by atoms with Crippen molar-refractivity contribution in [2.75, 3.05) is 19.3 Å². The maximum Gasteiger partial charge on any atom is 0.410 e. The molecule has 0 spiro atoms. The van der Waals surface area contributed by atoms with Crippen molar-refractivity contribution < 1.29 is 22.1 Å². The van der Waals surface area contributed by atoms with Gasteiger partial charge in [-0.15, -0.1) is 0 Å². The first-order valence-electron chi connectivity index (χ1n) is 6.34. The Balaban J connectivity index is 2.56. The molecule has 19 heavy (non-hydrogen) atoms. The average Bonchev–Trinajstić information content (AvgIpc) is 2.16. The molecule has 0 aromatic carbocycles. The molecule has 1 aliphatic rings. The second-order valence-corrected chi connectivity index (χ2v) is 7.63. The maximum absolute atomic E-state index is 11.9. The van der Waals surface area contributed by atoms with E-state index in [1.54, 1.807) is 4.90 Å². The molecule has 7 heteroatoms. The minimum absolute atomic E-state index is 0.0454. The molecule has 1 saturated heterocycles. The largest absolute Gasteiger partial charge is 0.444 e. The van der Waals surface area contributed by atoms with Crippen LogP contribution in [0.15, 0.2) is 0 Å². The Morgan fingerprint density at radius 3 is 2.32 bits per heavy atom. The molecule has 112 valence electrons. The van der Waals surface area contributed by atoms with E-state index in [2.05, 4.69) is 0 Å². The molecule has 1 amide bonds. The van der Waals surface area contributed by atoms with Crippen molar-refractivity contribution in [2.45, 2.75) is 45.8 Å². The lowest BCUT2D eigenvalue weighted by Crippen LogP contribution is -2.47. The van der Waals surface area contributed by atoms with Crippen molar-refractivity contribution in [1.29, 1.82) is 0 Å². The van der Waals surface area contributed by atoms with Crippen molar-refractivity contribution in [3.63, 3.8) is 0 Å². The zero-order chi connectivity index (χ0) is 14.8. The topological polar surface area (TPSA) is 72.9 Å². The Morgan fingerprint density at radius 2 is 1.89 bits per heavy atom. The van der Waals surface area contributed by atoms with Crippen LogP contribution in [0.25, 0.3) is 0 Å². The molecule has 0 aromatic heterocycles. The van der Waals surface area contributed by atoms with E-state index < -0.39 is 15.7 Å². The molecule has 0 aliphatic carbocycles. The number of rotatable bonds is 2. The molecular formula is C12H23NO5S. The van der Waals surface area contributed by atoms with Gasteiger partial charge in [0.15, 0.2) is 0 Å². The number of amides is 1. The second-order valence-electron chi connectivity index (χ2n) is 6.03. The van der Waals surface area contributed by atoms with Gasteiger partial charge in [0.25, 0.3) is 10.1 Å². The lowest BCUT2D eigenvalue weighted by Gasteiger charge is -2.36. The Kier molecular flexibility index (Phi) is 4.84. The number of nitrogens with zero attached hydrogens (tertiary/aromatic N) is 1. The summed E-state index contributed by atoms with van der Waals surface area (Å²) in [6.07, 6.45) is 0.804. The van der Waals surface area contributed by atoms with E-state index in [1.807, 2.05) is 27.7 Å². The van der Waals surface area contributed by atoms with Crippen LogP contribution in [0.3, 0.4) is 0 Å². The van der Waals surface area contributed by atoms with E-state index in [1.165, 1.54) is 0 Å². The molecule has 6 nitrogen and oxygen atoms in total. The van der Waals surface area contributed by atoms with Gasteiger partial charge in [-0.05, 0) is 27.2 Å². The van der Waals surface area contributed by atoms with E-state index in [0.717, 1.165) is 6.26 Å². The molecule has 0 saturated carbocycles. The summed E-state index contributed by atoms with van der Waals surface area (Å²) in [6, 6.07) is 0. The predicted octanol–water partition coefficient (Wildman–Crippen LogP) is 1.61. The normalized spacial score (nSPS) is 25.2. The van der Waals surface area contributed by atoms with Gasteiger partial charge in [-0.25, -0.2) is 4.79 Å². The summed E-state index contributed by atoms with van der Waals surface area (Å²) in [5.41, 5.74) is -0.527. The quantitative estimate of drug-likeness (QED) is 0.723. The fourth-order valence-corrected chi connectivity index (χ4v) is 2.72. The molecule has 2 atom stereocenters. The molecule has 0 radical (unpaired) electrons. The fraction of sp³-hybridized carbons (Fsp3) is 0.917. The van der Waals surface area contributed by atoms with Crippen LogP contribution in [0.1, 0.15) is 34.1 Å². The van der Waals surface area contributed by atoms with E-state index >= 15 is 0 Å². The summed E-state index contributed by atoms with van der Waals surface area (Å²) < 4.78 is 32.5. The summed E-state index contributed by atoms with van der Waals surface area (Å²) in [7, 11) is -3.46. The summed E-state index contributed by atoms with van der Waals surface area (Å²) in [4.78, 5) is 13.5. The number of hydrogen-bond acceptors (Lipinski definition) is 5. The highest BCUT2D eigenvalue weighted by molar-refractivity contribution is 7.86. The number of likely N-dealkylation sites (tertiary alicyclic amines) is 1. The second kappa shape index (κ2) is 5.66. The molecule has 1 heterocycles. The molecule has 1 fully saturated rings. The lowest BCUT2D eigenvalue weighted by molar-refractivity contribution is 0.00174. The van der Waals surface area contributed by atoms with Gasteiger partial charge in [0.1, 0.15) is 5.60 Å². The molecule has 1 rings (SSSR count). The minimum atomic E-state index is -3.46. The molecule has 0 aromatic rings. The highest BCUT2D eigenvalue weighted by Crippen LogP contribution is 2.22. The van der Waals surface area contributed by atoms with Crippen LogP contribution >= 0.6 is 0 Å². The first kappa shape index (κ1) is 16.2. The third-order valence-corrected chi connectivity index (χ3v) is 3.37. The van der Waals surface area contributed by atoms with Crippen LogP contribution in [0, 0.1) is 5.92 Å². The summed E-state index contributed by atoms with van der Waals surface area (Å²) >= 11 is 0. The molecule has 1 aliphatic heterocycles. The number of carbonyl (C=O) groups excluding carboxylic acids is 1. The smallest absolute Gasteiger partial charge is 0.410 e. The SMILES string of the molecule is C[C@H]1CN(C(=O)OC(C)(C)C)CC[C@H]1OS(C)(=O)=O. The number of ether oxygens (including phenoxy) is 1. The third-order valence-electron chi connectivity index (χ3n) is 2.78. The lowest BCUT2D eigenvalue weighted by atomic mass is 9.97. The Bertz CT molecular complexity index is 426. The Hall–Kier alpha value is -0.820. The van der Waals surface area contributed by atoms with Crippen LogP contribution in [0.4, 0.5) is 4.79 Å². The van der Waals surface area contributed by atoms with Crippen LogP contribution < -0.4 is 0 Å². The van der Waals surface area contributed by atoms with E-state index in [9.17, 15) is 13.2 Å². The molecule has 0 unspecified atom stereocenters. The highest BCUT2D eigenvalue weighted by Gasteiger charge is 2.33. The zero-order valence-electron chi connectivity index (χ0n) is 12.2. The van der Waals surface area contributed by atoms with Crippen molar-refractivity contribution in [3.05, 3.63) is 0 Å². The third kappa shape index (κ3) is 5.78. The fourth-order valence-electron chi connectivity index (χ4n) is 1.98. The van der Waals surface area contributed by atoms with Gasteiger partial charge in [0.05, 0.1) is 12.4 Å². The Labute approximate surface area is 115 Å². The van der Waals surface area contributed by atoms with Crippen molar-refractivity contribution >= 4 is 16.2 Å². The van der Waals surface area contributed by atoms with Gasteiger partial charge < -0.3 is 9.64 Å². The summed E-state index contributed by atoms with van der Waals surface area (Å²) in [5.74, 6) is -0.0454. The van der Waals surface area contributed by atoms with Gasteiger partial charge in [-0.3, -0.25) is 4.18 Å². The number of hydrogen-bond donors (Lipinski definition) is 0. The van der Waals surface area contributed by atoms with Crippen LogP contribution in [-0.2, 0) is 19.0 Å². The van der Waals surface area contributed by atoms with Crippen LogP contribution in [0.2, 0.25) is 0 Å². The average molecular weight is 293 g/mol. The molecule has 0 N–H and O–H groups in total. The Morgan fingerprint density at radius 1 is 1.32 bits per heavy atom.